The second-order valence-electron chi connectivity index (χ2n) is 5.14. The van der Waals surface area contributed by atoms with Crippen molar-refractivity contribution in [1.82, 2.24) is 4.90 Å². The van der Waals surface area contributed by atoms with Crippen LogP contribution in [0.3, 0.4) is 0 Å². The fourth-order valence-electron chi connectivity index (χ4n) is 2.47. The highest BCUT2D eigenvalue weighted by Gasteiger charge is 2.25. The molecule has 1 atom stereocenters. The first-order chi connectivity index (χ1) is 9.20. The molecule has 1 aliphatic heterocycles. The summed E-state index contributed by atoms with van der Waals surface area (Å²) in [5.41, 5.74) is 0.761. The van der Waals surface area contributed by atoms with Crippen molar-refractivity contribution in [3.63, 3.8) is 0 Å². The van der Waals surface area contributed by atoms with Crippen LogP contribution in [0.4, 0.5) is 0 Å². The fraction of sp³-hybridized carbons (Fsp3) is 0.467. The minimum absolute atomic E-state index is 0.0892. The van der Waals surface area contributed by atoms with Crippen LogP contribution in [0.5, 0.6) is 0 Å². The normalized spacial score (nSPS) is 17.8. The molecule has 0 saturated carbocycles. The summed E-state index contributed by atoms with van der Waals surface area (Å²) in [6, 6.07) is 11.7. The number of carbonyl (C=O) groups excluding carboxylic acids is 1. The summed E-state index contributed by atoms with van der Waals surface area (Å²) in [5, 5.41) is 8.83. The maximum absolute atomic E-state index is 12.2. The lowest BCUT2D eigenvalue weighted by atomic mass is 10.1. The van der Waals surface area contributed by atoms with Crippen LogP contribution < -0.4 is 4.90 Å². The molecule has 0 aliphatic carbocycles. The van der Waals surface area contributed by atoms with E-state index in [-0.39, 0.29) is 11.8 Å². The molecule has 0 unspecified atom stereocenters. The molecular weight excluding hydrogens is 238 g/mol. The smallest absolute Gasteiger partial charge is 0.254 e. The summed E-state index contributed by atoms with van der Waals surface area (Å²) in [4.78, 5) is 15.6. The van der Waals surface area contributed by atoms with Crippen molar-refractivity contribution in [2.24, 2.45) is 5.92 Å². The number of nitriles is 1. The van der Waals surface area contributed by atoms with Gasteiger partial charge in [-0.25, -0.2) is 0 Å². The van der Waals surface area contributed by atoms with Gasteiger partial charge in [-0.05, 0) is 19.1 Å². The number of hydrogen-bond acceptors (Lipinski definition) is 2. The molecule has 1 aliphatic rings. The Kier molecular flexibility index (Phi) is 4.53. The van der Waals surface area contributed by atoms with E-state index in [0.29, 0.717) is 0 Å². The molecule has 1 saturated heterocycles. The monoisotopic (exact) mass is 258 g/mol. The number of nitrogens with one attached hydrogen (secondary N) is 1. The number of nitrogens with zero attached hydrogens (tertiary/aromatic N) is 2. The minimum atomic E-state index is 0.0892. The Balaban J connectivity index is 1.87. The van der Waals surface area contributed by atoms with Gasteiger partial charge >= 0.3 is 0 Å². The van der Waals surface area contributed by atoms with Crippen molar-refractivity contribution in [3.05, 3.63) is 35.9 Å². The zero-order valence-corrected chi connectivity index (χ0v) is 11.3. The first kappa shape index (κ1) is 13.6. The summed E-state index contributed by atoms with van der Waals surface area (Å²) in [7, 11) is 0. The molecule has 0 spiro atoms. The summed E-state index contributed by atoms with van der Waals surface area (Å²) < 4.78 is 0. The van der Waals surface area contributed by atoms with Gasteiger partial charge in [-0.2, -0.15) is 5.26 Å². The number of benzene rings is 1. The third-order valence-corrected chi connectivity index (χ3v) is 3.59. The standard InChI is InChI=1S/C15H19N3O/c1-13(11-16)12-17-7-9-18(10-8-17)15(19)14-5-3-2-4-6-14/h2-6,13H,7-10,12H2,1H3/p+1/t13-/m0/s1. The van der Waals surface area contributed by atoms with Gasteiger partial charge in [0, 0.05) is 5.56 Å². The van der Waals surface area contributed by atoms with Crippen molar-refractivity contribution in [1.29, 1.82) is 5.26 Å². The van der Waals surface area contributed by atoms with Crippen LogP contribution in [0.15, 0.2) is 30.3 Å². The van der Waals surface area contributed by atoms with Crippen molar-refractivity contribution in [2.45, 2.75) is 6.92 Å². The Morgan fingerprint density at radius 3 is 2.58 bits per heavy atom. The molecular formula is C15H20N3O+. The number of piperazine rings is 1. The highest BCUT2D eigenvalue weighted by molar-refractivity contribution is 5.94. The molecule has 1 N–H and O–H groups in total. The molecule has 0 radical (unpaired) electrons. The summed E-state index contributed by atoms with van der Waals surface area (Å²) in [5.74, 6) is 0.208. The van der Waals surface area contributed by atoms with E-state index in [1.807, 2.05) is 42.2 Å². The third kappa shape index (κ3) is 3.55. The van der Waals surface area contributed by atoms with Gasteiger partial charge < -0.3 is 9.80 Å². The SMILES string of the molecule is C[C@@H](C#N)C[NH+]1CCN(C(=O)c2ccccc2)CC1. The predicted octanol–water partition coefficient (Wildman–Crippen LogP) is 0.187. The van der Waals surface area contributed by atoms with Crippen LogP contribution in [0.25, 0.3) is 0 Å². The quantitative estimate of drug-likeness (QED) is 0.841. The first-order valence-electron chi connectivity index (χ1n) is 6.78. The van der Waals surface area contributed by atoms with E-state index >= 15 is 0 Å². The lowest BCUT2D eigenvalue weighted by Crippen LogP contribution is -3.15. The lowest BCUT2D eigenvalue weighted by Gasteiger charge is -2.32. The van der Waals surface area contributed by atoms with Gasteiger partial charge in [0.1, 0.15) is 0 Å². The van der Waals surface area contributed by atoms with Crippen molar-refractivity contribution in [3.8, 4) is 6.07 Å². The average molecular weight is 258 g/mol. The van der Waals surface area contributed by atoms with E-state index in [1.54, 1.807) is 0 Å². The van der Waals surface area contributed by atoms with E-state index in [0.717, 1.165) is 38.3 Å². The Morgan fingerprint density at radius 2 is 2.00 bits per heavy atom. The number of amides is 1. The molecule has 0 bridgehead atoms. The molecule has 2 rings (SSSR count). The Morgan fingerprint density at radius 1 is 1.37 bits per heavy atom. The molecule has 1 aromatic carbocycles. The fourth-order valence-corrected chi connectivity index (χ4v) is 2.47. The summed E-state index contributed by atoms with van der Waals surface area (Å²) in [6.07, 6.45) is 0. The van der Waals surface area contributed by atoms with Crippen LogP contribution in [0, 0.1) is 17.2 Å². The zero-order chi connectivity index (χ0) is 13.7. The van der Waals surface area contributed by atoms with Crippen LogP contribution in [-0.4, -0.2) is 43.5 Å². The van der Waals surface area contributed by atoms with Gasteiger partial charge in [0.05, 0.1) is 44.7 Å². The van der Waals surface area contributed by atoms with Crippen LogP contribution in [0.1, 0.15) is 17.3 Å². The molecule has 0 aromatic heterocycles. The third-order valence-electron chi connectivity index (χ3n) is 3.59. The van der Waals surface area contributed by atoms with Crippen molar-refractivity contribution < 1.29 is 9.69 Å². The molecule has 4 heteroatoms. The van der Waals surface area contributed by atoms with Gasteiger partial charge in [0.2, 0.25) is 0 Å². The van der Waals surface area contributed by atoms with E-state index < -0.39 is 0 Å². The lowest BCUT2D eigenvalue weighted by molar-refractivity contribution is -0.906. The maximum Gasteiger partial charge on any atom is 0.254 e. The highest BCUT2D eigenvalue weighted by Crippen LogP contribution is 2.04. The van der Waals surface area contributed by atoms with Gasteiger partial charge in [-0.15, -0.1) is 0 Å². The van der Waals surface area contributed by atoms with E-state index in [1.165, 1.54) is 4.90 Å². The summed E-state index contributed by atoms with van der Waals surface area (Å²) in [6.45, 7) is 6.26. The minimum Gasteiger partial charge on any atom is -0.331 e. The largest absolute Gasteiger partial charge is 0.331 e. The maximum atomic E-state index is 12.2. The predicted molar refractivity (Wildman–Crippen MR) is 72.7 cm³/mol. The van der Waals surface area contributed by atoms with Gasteiger partial charge in [0.25, 0.3) is 5.91 Å². The second kappa shape index (κ2) is 6.35. The van der Waals surface area contributed by atoms with E-state index in [9.17, 15) is 4.79 Å². The summed E-state index contributed by atoms with van der Waals surface area (Å²) >= 11 is 0. The average Bonchev–Trinajstić information content (AvgIpc) is 2.48. The molecule has 1 heterocycles. The topological polar surface area (TPSA) is 48.5 Å². The van der Waals surface area contributed by atoms with Crippen molar-refractivity contribution in [2.75, 3.05) is 32.7 Å². The Labute approximate surface area is 114 Å². The Bertz CT molecular complexity index is 458. The number of carbonyl (C=O) groups is 1. The molecule has 100 valence electrons. The van der Waals surface area contributed by atoms with E-state index in [4.69, 9.17) is 5.26 Å². The van der Waals surface area contributed by atoms with E-state index in [2.05, 4.69) is 6.07 Å². The molecule has 4 nitrogen and oxygen atoms in total. The van der Waals surface area contributed by atoms with Crippen LogP contribution in [0.2, 0.25) is 0 Å². The van der Waals surface area contributed by atoms with Gasteiger partial charge in [-0.3, -0.25) is 4.79 Å². The van der Waals surface area contributed by atoms with Gasteiger partial charge in [0.15, 0.2) is 0 Å². The number of rotatable bonds is 3. The molecule has 1 fully saturated rings. The highest BCUT2D eigenvalue weighted by atomic mass is 16.2. The first-order valence-corrected chi connectivity index (χ1v) is 6.78. The number of quaternary nitrogens is 1. The Hall–Kier alpha value is -1.86. The van der Waals surface area contributed by atoms with Crippen LogP contribution in [-0.2, 0) is 0 Å². The zero-order valence-electron chi connectivity index (χ0n) is 11.3. The van der Waals surface area contributed by atoms with Crippen LogP contribution >= 0.6 is 0 Å². The molecule has 1 aromatic rings. The molecule has 1 amide bonds. The second-order valence-corrected chi connectivity index (χ2v) is 5.14. The van der Waals surface area contributed by atoms with Crippen molar-refractivity contribution >= 4 is 5.91 Å². The van der Waals surface area contributed by atoms with Gasteiger partial charge in [-0.1, -0.05) is 18.2 Å². The number of hydrogen-bond donors (Lipinski definition) is 1. The molecule has 19 heavy (non-hydrogen) atoms.